The van der Waals surface area contributed by atoms with E-state index in [0.29, 0.717) is 6.42 Å². The second-order valence-electron chi connectivity index (χ2n) is 4.94. The Morgan fingerprint density at radius 3 is 2.79 bits per heavy atom. The molecule has 0 aromatic carbocycles. The van der Waals surface area contributed by atoms with Crippen LogP contribution in [0.5, 0.6) is 0 Å². The zero-order chi connectivity index (χ0) is 14.3. The van der Waals surface area contributed by atoms with Crippen LogP contribution < -0.4 is 5.43 Å². The first-order valence-electron chi connectivity index (χ1n) is 6.05. The summed E-state index contributed by atoms with van der Waals surface area (Å²) in [4.78, 5) is 11.9. The molecule has 1 N–H and O–H groups in total. The van der Waals surface area contributed by atoms with Gasteiger partial charge in [0.1, 0.15) is 4.33 Å². The molecule has 0 unspecified atom stereocenters. The van der Waals surface area contributed by atoms with Crippen LogP contribution in [-0.4, -0.2) is 26.2 Å². The minimum Gasteiger partial charge on any atom is -0.272 e. The lowest BCUT2D eigenvalue weighted by molar-refractivity contribution is -0.125. The molecule has 0 saturated heterocycles. The second-order valence-corrected chi connectivity index (χ2v) is 6.42. The zero-order valence-electron chi connectivity index (χ0n) is 11.1. The Balaban J connectivity index is 1.97. The number of nitrogens with zero attached hydrogens (tertiary/aromatic N) is 3. The minimum absolute atomic E-state index is 0.269. The molecule has 1 heterocycles. The van der Waals surface area contributed by atoms with Gasteiger partial charge in [-0.25, -0.2) is 5.43 Å². The number of rotatable bonds is 4. The molecule has 19 heavy (non-hydrogen) atoms. The minimum atomic E-state index is -0.977. The summed E-state index contributed by atoms with van der Waals surface area (Å²) in [5.41, 5.74) is 3.44. The fourth-order valence-electron chi connectivity index (χ4n) is 1.75. The summed E-state index contributed by atoms with van der Waals surface area (Å²) >= 11 is 11.9. The van der Waals surface area contributed by atoms with Crippen molar-refractivity contribution in [2.75, 3.05) is 0 Å². The number of carbonyl (C=O) groups is 1. The number of aryl methyl sites for hydroxylation is 2. The molecule has 2 rings (SSSR count). The lowest BCUT2D eigenvalue weighted by atomic mass is 10.1. The van der Waals surface area contributed by atoms with Crippen molar-refractivity contribution in [3.8, 4) is 0 Å². The van der Waals surface area contributed by atoms with E-state index in [1.165, 1.54) is 0 Å². The van der Waals surface area contributed by atoms with E-state index in [1.54, 1.807) is 13.1 Å². The number of halogens is 2. The highest BCUT2D eigenvalue weighted by Gasteiger charge is 2.68. The van der Waals surface area contributed by atoms with Gasteiger partial charge in [-0.3, -0.25) is 9.48 Å². The molecule has 1 fully saturated rings. The maximum Gasteiger partial charge on any atom is 0.249 e. The molecule has 0 bridgehead atoms. The molecule has 1 aromatic rings. The third-order valence-corrected chi connectivity index (χ3v) is 4.54. The van der Waals surface area contributed by atoms with Crippen molar-refractivity contribution in [2.24, 2.45) is 10.5 Å². The topological polar surface area (TPSA) is 59.3 Å². The molecule has 0 radical (unpaired) electrons. The van der Waals surface area contributed by atoms with Crippen molar-refractivity contribution in [1.29, 1.82) is 0 Å². The smallest absolute Gasteiger partial charge is 0.249 e. The maximum absolute atomic E-state index is 11.9. The number of carbonyl (C=O) groups excluding carboxylic acids is 1. The number of nitrogens with one attached hydrogen (secondary N) is 1. The van der Waals surface area contributed by atoms with E-state index < -0.39 is 9.75 Å². The quantitative estimate of drug-likeness (QED) is 0.527. The zero-order valence-corrected chi connectivity index (χ0v) is 12.6. The standard InChI is InChI=1S/C12H16Cl2N4O/c1-4-18-6-9(8(2)17-18)5-15-16-10(19)11(3)7-12(11,13)14/h5-6H,4,7H2,1-3H3,(H,16,19)/b15-5-/t11-/m0/s1. The average molecular weight is 303 g/mol. The van der Waals surface area contributed by atoms with E-state index in [4.69, 9.17) is 23.2 Å². The fraction of sp³-hybridized carbons (Fsp3) is 0.583. The number of aromatic nitrogens is 2. The van der Waals surface area contributed by atoms with Gasteiger partial charge in [0.15, 0.2) is 0 Å². The first-order valence-corrected chi connectivity index (χ1v) is 6.81. The monoisotopic (exact) mass is 302 g/mol. The van der Waals surface area contributed by atoms with Crippen LogP contribution in [0.3, 0.4) is 0 Å². The number of hydrogen-bond donors (Lipinski definition) is 1. The molecule has 1 atom stereocenters. The fourth-order valence-corrected chi connectivity index (χ4v) is 2.46. The van der Waals surface area contributed by atoms with Crippen LogP contribution >= 0.6 is 23.2 Å². The van der Waals surface area contributed by atoms with Gasteiger partial charge in [-0.2, -0.15) is 10.2 Å². The number of alkyl halides is 2. The summed E-state index contributed by atoms with van der Waals surface area (Å²) in [6.45, 7) is 6.40. The van der Waals surface area contributed by atoms with Gasteiger partial charge in [-0.15, -0.1) is 23.2 Å². The summed E-state index contributed by atoms with van der Waals surface area (Å²) in [7, 11) is 0. The predicted octanol–water partition coefficient (Wildman–Crippen LogP) is 2.25. The van der Waals surface area contributed by atoms with Gasteiger partial charge in [-0.05, 0) is 27.2 Å². The molecule has 0 aliphatic heterocycles. The third-order valence-electron chi connectivity index (χ3n) is 3.44. The van der Waals surface area contributed by atoms with E-state index in [1.807, 2.05) is 24.7 Å². The molecule has 1 aliphatic carbocycles. The summed E-state index contributed by atoms with van der Waals surface area (Å²) in [5.74, 6) is -0.269. The van der Waals surface area contributed by atoms with Crippen molar-refractivity contribution in [1.82, 2.24) is 15.2 Å². The van der Waals surface area contributed by atoms with Gasteiger partial charge < -0.3 is 0 Å². The van der Waals surface area contributed by atoms with E-state index in [-0.39, 0.29) is 5.91 Å². The highest BCUT2D eigenvalue weighted by molar-refractivity contribution is 6.53. The third kappa shape index (κ3) is 2.62. The Morgan fingerprint density at radius 2 is 2.32 bits per heavy atom. The molecule has 0 spiro atoms. The molecule has 104 valence electrons. The summed E-state index contributed by atoms with van der Waals surface area (Å²) in [5, 5.41) is 8.21. The van der Waals surface area contributed by atoms with Gasteiger partial charge in [0.05, 0.1) is 17.3 Å². The Bertz CT molecular complexity index is 538. The van der Waals surface area contributed by atoms with Crippen molar-refractivity contribution in [3.05, 3.63) is 17.5 Å². The van der Waals surface area contributed by atoms with Gasteiger partial charge in [0.2, 0.25) is 5.91 Å². The summed E-state index contributed by atoms with van der Waals surface area (Å²) in [6, 6.07) is 0. The van der Waals surface area contributed by atoms with E-state index in [0.717, 1.165) is 17.8 Å². The van der Waals surface area contributed by atoms with E-state index in [2.05, 4.69) is 15.6 Å². The van der Waals surface area contributed by atoms with Crippen LogP contribution in [0.2, 0.25) is 0 Å². The Morgan fingerprint density at radius 1 is 1.68 bits per heavy atom. The van der Waals surface area contributed by atoms with E-state index >= 15 is 0 Å². The summed E-state index contributed by atoms with van der Waals surface area (Å²) in [6.07, 6.45) is 3.89. The molecule has 1 saturated carbocycles. The van der Waals surface area contributed by atoms with Gasteiger partial charge in [0.25, 0.3) is 0 Å². The second kappa shape index (κ2) is 4.80. The largest absolute Gasteiger partial charge is 0.272 e. The Kier molecular flexibility index (Phi) is 3.62. The number of hydrazone groups is 1. The van der Waals surface area contributed by atoms with Crippen molar-refractivity contribution in [2.45, 2.75) is 38.1 Å². The first kappa shape index (κ1) is 14.3. The van der Waals surface area contributed by atoms with Crippen molar-refractivity contribution in [3.63, 3.8) is 0 Å². The van der Waals surface area contributed by atoms with Crippen LogP contribution in [0, 0.1) is 12.3 Å². The molecule has 1 aromatic heterocycles. The van der Waals surface area contributed by atoms with Crippen LogP contribution in [-0.2, 0) is 11.3 Å². The Hall–Kier alpha value is -1.07. The molecule has 7 heteroatoms. The van der Waals surface area contributed by atoms with Crippen molar-refractivity contribution >= 4 is 35.3 Å². The van der Waals surface area contributed by atoms with Gasteiger partial charge >= 0.3 is 0 Å². The average Bonchev–Trinajstić information content (AvgIpc) is 2.68. The van der Waals surface area contributed by atoms with E-state index in [9.17, 15) is 4.79 Å². The normalized spacial score (nSPS) is 24.7. The number of hydrogen-bond acceptors (Lipinski definition) is 3. The molecule has 1 amide bonds. The molecular formula is C12H16Cl2N4O. The lowest BCUT2D eigenvalue weighted by Gasteiger charge is -2.08. The van der Waals surface area contributed by atoms with Crippen molar-refractivity contribution < 1.29 is 4.79 Å². The van der Waals surface area contributed by atoms with Crippen LogP contribution in [0.1, 0.15) is 31.5 Å². The predicted molar refractivity (Wildman–Crippen MR) is 75.5 cm³/mol. The molecular weight excluding hydrogens is 287 g/mol. The highest BCUT2D eigenvalue weighted by atomic mass is 35.5. The van der Waals surface area contributed by atoms with Crippen LogP contribution in [0.4, 0.5) is 0 Å². The molecule has 5 nitrogen and oxygen atoms in total. The summed E-state index contributed by atoms with van der Waals surface area (Å²) < 4.78 is 0.832. The van der Waals surface area contributed by atoms with Gasteiger partial charge in [-0.1, -0.05) is 0 Å². The maximum atomic E-state index is 11.9. The van der Waals surface area contributed by atoms with Crippen LogP contribution in [0.15, 0.2) is 11.3 Å². The molecule has 1 aliphatic rings. The first-order chi connectivity index (χ1) is 8.80. The Labute approximate surface area is 122 Å². The highest BCUT2D eigenvalue weighted by Crippen LogP contribution is 2.63. The SMILES string of the molecule is CCn1cc(/C=N\NC(=O)[C@]2(C)CC2(Cl)Cl)c(C)n1. The lowest BCUT2D eigenvalue weighted by Crippen LogP contribution is -2.29. The van der Waals surface area contributed by atoms with Crippen LogP contribution in [0.25, 0.3) is 0 Å². The number of amides is 1. The van der Waals surface area contributed by atoms with Gasteiger partial charge in [0, 0.05) is 18.3 Å².